The second kappa shape index (κ2) is 11.2. The molecule has 4 heterocycles. The number of anilines is 3. The van der Waals surface area contributed by atoms with Crippen molar-refractivity contribution in [3.63, 3.8) is 0 Å². The summed E-state index contributed by atoms with van der Waals surface area (Å²) in [7, 11) is 1.79. The molecule has 3 aliphatic heterocycles. The zero-order valence-corrected chi connectivity index (χ0v) is 22.6. The van der Waals surface area contributed by atoms with Gasteiger partial charge in [-0.25, -0.2) is 19.2 Å². The maximum Gasteiger partial charge on any atom is 0.415 e. The number of halogens is 1. The van der Waals surface area contributed by atoms with Gasteiger partial charge < -0.3 is 30.5 Å². The van der Waals surface area contributed by atoms with Crippen LogP contribution in [0.3, 0.4) is 0 Å². The molecule has 2 saturated heterocycles. The highest BCUT2D eigenvalue weighted by Gasteiger charge is 2.35. The highest BCUT2D eigenvalue weighted by atomic mass is 19.1. The van der Waals surface area contributed by atoms with Crippen LogP contribution < -0.4 is 25.6 Å². The zero-order valence-electron chi connectivity index (χ0n) is 22.6. The fourth-order valence-corrected chi connectivity index (χ4v) is 5.91. The third-order valence-electron chi connectivity index (χ3n) is 7.94. The fourth-order valence-electron chi connectivity index (χ4n) is 5.91. The first-order chi connectivity index (χ1) is 19.7. The summed E-state index contributed by atoms with van der Waals surface area (Å²) in [6.45, 7) is 1.87. The van der Waals surface area contributed by atoms with Crippen LogP contribution in [0.4, 0.5) is 26.5 Å². The van der Waals surface area contributed by atoms with Crippen LogP contribution in [0.5, 0.6) is 5.88 Å². The number of nitrogens with zero attached hydrogens (tertiary/aromatic N) is 4. The number of hydrogen-bond acceptors (Lipinski definition) is 10. The van der Waals surface area contributed by atoms with Gasteiger partial charge >= 0.3 is 6.09 Å². The highest BCUT2D eigenvalue weighted by molar-refractivity contribution is 5.95. The van der Waals surface area contributed by atoms with Crippen LogP contribution >= 0.6 is 0 Å². The first kappa shape index (κ1) is 27.3. The Morgan fingerprint density at radius 3 is 2.93 bits per heavy atom. The highest BCUT2D eigenvalue weighted by Crippen LogP contribution is 2.32. The normalized spacial score (nSPS) is 25.4. The average molecular weight is 570 g/mol. The topological polar surface area (TPSA) is 158 Å². The van der Waals surface area contributed by atoms with Crippen LogP contribution in [0, 0.1) is 11.7 Å². The minimum absolute atomic E-state index is 0.131. The molecular weight excluding hydrogens is 537 g/mol. The number of rotatable bonds is 8. The fraction of sp³-hybridized carbons (Fsp3) is 0.519. The standard InChI is InChI=1S/C27H32FN7O6/c1-34-11-17(36)8-21(34)25(38)31-16-6-15-4-14(5-19(15)20(28)7-16)9-29-3-2-18-12-35(27(39)41-18)22-10-30-26-24(32-22)33-23(37)13-40-26/h6-7,10,14,17-18,21,29,36H,2-5,8-9,11-13H2,1H3,(H,31,38)(H,32,33,37). The number of cyclic esters (lactones) is 1. The number of carbonyl (C=O) groups is 3. The number of β-amino-alcohol motifs (C(OH)–C–C–N with tert-alkyl or cyclic N) is 1. The van der Waals surface area contributed by atoms with Crippen molar-refractivity contribution in [1.29, 1.82) is 0 Å². The molecule has 4 N–H and O–H groups in total. The van der Waals surface area contributed by atoms with Gasteiger partial charge in [0.25, 0.3) is 11.8 Å². The minimum Gasteiger partial charge on any atom is -0.465 e. The van der Waals surface area contributed by atoms with Gasteiger partial charge in [-0.3, -0.25) is 19.4 Å². The summed E-state index contributed by atoms with van der Waals surface area (Å²) in [5.74, 6) is -0.0713. The molecule has 4 unspecified atom stereocenters. The molecule has 13 nitrogen and oxygen atoms in total. The molecule has 4 aliphatic rings. The molecule has 2 aromatic rings. The summed E-state index contributed by atoms with van der Waals surface area (Å²) >= 11 is 0. The Labute approximate surface area is 235 Å². The van der Waals surface area contributed by atoms with Gasteiger partial charge in [0.05, 0.1) is 24.9 Å². The van der Waals surface area contributed by atoms with Crippen molar-refractivity contribution in [1.82, 2.24) is 20.2 Å². The van der Waals surface area contributed by atoms with E-state index in [2.05, 4.69) is 25.9 Å². The first-order valence-electron chi connectivity index (χ1n) is 13.7. The lowest BCUT2D eigenvalue weighted by Crippen LogP contribution is -2.37. The Bertz CT molecular complexity index is 1380. The lowest BCUT2D eigenvalue weighted by atomic mass is 10.1. The number of aromatic nitrogens is 2. The van der Waals surface area contributed by atoms with Gasteiger partial charge in [-0.2, -0.15) is 0 Å². The van der Waals surface area contributed by atoms with Gasteiger partial charge in [-0.05, 0) is 75.0 Å². The number of hydrogen-bond donors (Lipinski definition) is 4. The third-order valence-corrected chi connectivity index (χ3v) is 7.94. The molecule has 0 spiro atoms. The van der Waals surface area contributed by atoms with Gasteiger partial charge in [0, 0.05) is 12.2 Å². The molecule has 218 valence electrons. The number of amides is 3. The number of likely N-dealkylation sites (N-methyl/N-ethyl adjacent to an activating group) is 1. The van der Waals surface area contributed by atoms with Gasteiger partial charge in [-0.1, -0.05) is 0 Å². The molecular formula is C27H32FN7O6. The SMILES string of the molecule is CN1CC(O)CC1C(=O)Nc1cc(F)c2c(c1)CC(CNCCC1CN(c3cnc4c(n3)NC(=O)CO4)C(=O)O1)C2. The summed E-state index contributed by atoms with van der Waals surface area (Å²) in [5, 5.41) is 18.6. The molecule has 2 fully saturated rings. The van der Waals surface area contributed by atoms with E-state index in [0.29, 0.717) is 63.1 Å². The summed E-state index contributed by atoms with van der Waals surface area (Å²) in [6.07, 6.45) is 2.22. The molecule has 14 heteroatoms. The summed E-state index contributed by atoms with van der Waals surface area (Å²) in [4.78, 5) is 48.2. The monoisotopic (exact) mass is 569 g/mol. The van der Waals surface area contributed by atoms with Crippen LogP contribution in [0.25, 0.3) is 0 Å². The summed E-state index contributed by atoms with van der Waals surface area (Å²) in [5.41, 5.74) is 2.00. The number of aliphatic hydroxyl groups excluding tert-OH is 1. The minimum atomic E-state index is -0.537. The van der Waals surface area contributed by atoms with E-state index in [-0.39, 0.29) is 53.8 Å². The lowest BCUT2D eigenvalue weighted by Gasteiger charge is -2.18. The molecule has 0 bridgehead atoms. The van der Waals surface area contributed by atoms with Crippen LogP contribution in [-0.4, -0.2) is 96.0 Å². The smallest absolute Gasteiger partial charge is 0.415 e. The van der Waals surface area contributed by atoms with Gasteiger partial charge in [0.2, 0.25) is 5.91 Å². The van der Waals surface area contributed by atoms with Crippen molar-refractivity contribution in [2.75, 3.05) is 55.4 Å². The van der Waals surface area contributed by atoms with Crippen molar-refractivity contribution in [2.45, 2.75) is 43.9 Å². The van der Waals surface area contributed by atoms with E-state index >= 15 is 0 Å². The van der Waals surface area contributed by atoms with E-state index in [1.807, 2.05) is 6.07 Å². The lowest BCUT2D eigenvalue weighted by molar-refractivity contribution is -0.120. The maximum atomic E-state index is 14.9. The van der Waals surface area contributed by atoms with Crippen LogP contribution in [-0.2, 0) is 27.2 Å². The molecule has 4 atom stereocenters. The largest absolute Gasteiger partial charge is 0.465 e. The quantitative estimate of drug-likeness (QED) is 0.333. The van der Waals surface area contributed by atoms with Crippen molar-refractivity contribution < 1.29 is 33.4 Å². The van der Waals surface area contributed by atoms with E-state index in [4.69, 9.17) is 9.47 Å². The Morgan fingerprint density at radius 1 is 1.27 bits per heavy atom. The molecule has 41 heavy (non-hydrogen) atoms. The molecule has 0 radical (unpaired) electrons. The van der Waals surface area contributed by atoms with Crippen LogP contribution in [0.15, 0.2) is 18.3 Å². The van der Waals surface area contributed by atoms with E-state index in [1.165, 1.54) is 17.2 Å². The Morgan fingerprint density at radius 2 is 2.12 bits per heavy atom. The maximum absolute atomic E-state index is 14.9. The van der Waals surface area contributed by atoms with Crippen molar-refractivity contribution in [2.24, 2.45) is 5.92 Å². The molecule has 1 aromatic heterocycles. The first-order valence-corrected chi connectivity index (χ1v) is 13.7. The van der Waals surface area contributed by atoms with Crippen LogP contribution in [0.2, 0.25) is 0 Å². The van der Waals surface area contributed by atoms with Gasteiger partial charge in [0.1, 0.15) is 11.9 Å². The number of aliphatic hydroxyl groups is 1. The molecule has 3 amide bonds. The summed E-state index contributed by atoms with van der Waals surface area (Å²) < 4.78 is 25.6. The molecule has 6 rings (SSSR count). The van der Waals surface area contributed by atoms with Gasteiger partial charge in [-0.15, -0.1) is 0 Å². The number of fused-ring (bicyclic) bond motifs is 2. The second-order valence-electron chi connectivity index (χ2n) is 11.0. The van der Waals surface area contributed by atoms with E-state index < -0.39 is 18.2 Å². The predicted molar refractivity (Wildman–Crippen MR) is 144 cm³/mol. The Balaban J connectivity index is 0.965. The van der Waals surface area contributed by atoms with E-state index in [9.17, 15) is 23.9 Å². The third kappa shape index (κ3) is 5.80. The number of likely N-dealkylation sites (tertiary alicyclic amines) is 1. The van der Waals surface area contributed by atoms with Crippen molar-refractivity contribution in [3.05, 3.63) is 35.3 Å². The predicted octanol–water partition coefficient (Wildman–Crippen LogP) is 0.670. The molecule has 0 saturated carbocycles. The number of carbonyl (C=O) groups excluding carboxylic acids is 3. The van der Waals surface area contributed by atoms with E-state index in [1.54, 1.807) is 11.9 Å². The molecule has 1 aromatic carbocycles. The van der Waals surface area contributed by atoms with E-state index in [0.717, 1.165) is 5.56 Å². The molecule has 1 aliphatic carbocycles. The van der Waals surface area contributed by atoms with Gasteiger partial charge in [0.15, 0.2) is 18.2 Å². The average Bonchev–Trinajstić information content (AvgIpc) is 3.62. The number of ether oxygens (including phenoxy) is 2. The zero-order chi connectivity index (χ0) is 28.7. The number of nitrogens with one attached hydrogen (secondary N) is 3. The second-order valence-corrected chi connectivity index (χ2v) is 11.0. The number of benzene rings is 1. The Kier molecular flexibility index (Phi) is 7.45. The van der Waals surface area contributed by atoms with Crippen molar-refractivity contribution in [3.8, 4) is 5.88 Å². The Hall–Kier alpha value is -3.88. The van der Waals surface area contributed by atoms with Crippen LogP contribution in [0.1, 0.15) is 24.0 Å². The van der Waals surface area contributed by atoms with Crippen molar-refractivity contribution >= 4 is 35.2 Å². The summed E-state index contributed by atoms with van der Waals surface area (Å²) in [6, 6.07) is 2.77.